The molecule has 0 bridgehead atoms. The lowest BCUT2D eigenvalue weighted by Gasteiger charge is -2.26. The second-order valence-electron chi connectivity index (χ2n) is 7.93. The lowest BCUT2D eigenvalue weighted by atomic mass is 10.1. The Hall–Kier alpha value is -3.45. The van der Waals surface area contributed by atoms with Gasteiger partial charge in [0.15, 0.2) is 9.84 Å². The number of aromatic nitrogens is 2. The standard InChI is InChI=1S/C25H25N3O3S/c1-18-9-11-21(12-10-18)27(23-15-16-32(30,31)17-23)25(29)14-13-24-19(2)26-28(20(24)3)22-7-5-4-6-8-22/h4-16,23H,17H2,1-3H3. The molecule has 0 saturated heterocycles. The maximum absolute atomic E-state index is 13.3. The number of carbonyl (C=O) groups excluding carboxylic acids is 1. The summed E-state index contributed by atoms with van der Waals surface area (Å²) in [5, 5.41) is 5.81. The highest BCUT2D eigenvalue weighted by Gasteiger charge is 2.30. The fourth-order valence-electron chi connectivity index (χ4n) is 3.86. The van der Waals surface area contributed by atoms with Gasteiger partial charge in [-0.3, -0.25) is 4.79 Å². The molecular formula is C25H25N3O3S. The van der Waals surface area contributed by atoms with E-state index in [2.05, 4.69) is 5.10 Å². The second-order valence-corrected chi connectivity index (χ2v) is 9.87. The zero-order valence-corrected chi connectivity index (χ0v) is 19.1. The molecule has 1 amide bonds. The molecule has 6 nitrogen and oxygen atoms in total. The third kappa shape index (κ3) is 4.43. The summed E-state index contributed by atoms with van der Waals surface area (Å²) < 4.78 is 25.9. The molecule has 0 N–H and O–H groups in total. The largest absolute Gasteiger partial charge is 0.301 e. The molecule has 2 aromatic carbocycles. The van der Waals surface area contributed by atoms with Crippen molar-refractivity contribution < 1.29 is 13.2 Å². The first kappa shape index (κ1) is 21.8. The van der Waals surface area contributed by atoms with E-state index >= 15 is 0 Å². The molecule has 0 radical (unpaired) electrons. The Morgan fingerprint density at radius 1 is 1.06 bits per heavy atom. The molecule has 1 aliphatic rings. The highest BCUT2D eigenvalue weighted by atomic mass is 32.2. The maximum Gasteiger partial charge on any atom is 0.251 e. The molecule has 1 aliphatic heterocycles. The van der Waals surface area contributed by atoms with Crippen molar-refractivity contribution in [2.45, 2.75) is 26.8 Å². The van der Waals surface area contributed by atoms with Crippen molar-refractivity contribution >= 4 is 27.5 Å². The van der Waals surface area contributed by atoms with Gasteiger partial charge in [-0.1, -0.05) is 35.9 Å². The van der Waals surface area contributed by atoms with Crippen LogP contribution in [-0.4, -0.2) is 35.9 Å². The van der Waals surface area contributed by atoms with Crippen LogP contribution < -0.4 is 4.90 Å². The fourth-order valence-corrected chi connectivity index (χ4v) is 5.13. The molecule has 0 aliphatic carbocycles. The lowest BCUT2D eigenvalue weighted by molar-refractivity contribution is -0.114. The molecular weight excluding hydrogens is 422 g/mol. The van der Waals surface area contributed by atoms with Crippen LogP contribution in [0, 0.1) is 20.8 Å². The molecule has 1 atom stereocenters. The van der Waals surface area contributed by atoms with Crippen molar-refractivity contribution in [1.82, 2.24) is 9.78 Å². The van der Waals surface area contributed by atoms with E-state index < -0.39 is 15.9 Å². The van der Waals surface area contributed by atoms with Crippen LogP contribution in [0.4, 0.5) is 5.69 Å². The second kappa shape index (κ2) is 8.59. The number of carbonyl (C=O) groups is 1. The molecule has 0 saturated carbocycles. The number of amides is 1. The SMILES string of the molecule is Cc1ccc(N(C(=O)C=Cc2c(C)nn(-c3ccccc3)c2C)C2C=CS(=O)(=O)C2)cc1. The van der Waals surface area contributed by atoms with Crippen LogP contribution >= 0.6 is 0 Å². The number of benzene rings is 2. The molecule has 2 heterocycles. The van der Waals surface area contributed by atoms with Crippen LogP contribution in [0.2, 0.25) is 0 Å². The molecule has 4 rings (SSSR count). The zero-order valence-electron chi connectivity index (χ0n) is 18.3. The first-order chi connectivity index (χ1) is 15.2. The number of sulfone groups is 1. The van der Waals surface area contributed by atoms with Crippen molar-refractivity contribution in [1.29, 1.82) is 0 Å². The Bertz CT molecular complexity index is 1300. The molecule has 1 aromatic heterocycles. The third-order valence-corrected chi connectivity index (χ3v) is 6.91. The number of aryl methyl sites for hydroxylation is 2. The summed E-state index contributed by atoms with van der Waals surface area (Å²) in [4.78, 5) is 14.8. The Morgan fingerprint density at radius 3 is 2.38 bits per heavy atom. The summed E-state index contributed by atoms with van der Waals surface area (Å²) in [6.07, 6.45) is 4.82. The van der Waals surface area contributed by atoms with Gasteiger partial charge in [0, 0.05) is 28.4 Å². The molecule has 32 heavy (non-hydrogen) atoms. The van der Waals surface area contributed by atoms with E-state index in [1.54, 1.807) is 12.2 Å². The number of anilines is 1. The molecule has 1 unspecified atom stereocenters. The van der Waals surface area contributed by atoms with Gasteiger partial charge in [0.05, 0.1) is 23.2 Å². The number of rotatable bonds is 5. The van der Waals surface area contributed by atoms with Gasteiger partial charge in [-0.2, -0.15) is 5.10 Å². The van der Waals surface area contributed by atoms with E-state index in [0.717, 1.165) is 28.2 Å². The topological polar surface area (TPSA) is 72.3 Å². The Morgan fingerprint density at radius 2 is 1.75 bits per heavy atom. The summed E-state index contributed by atoms with van der Waals surface area (Å²) in [5.41, 5.74) is 5.25. The van der Waals surface area contributed by atoms with Gasteiger partial charge in [-0.05, 0) is 57.2 Å². The van der Waals surface area contributed by atoms with Crippen LogP contribution in [0.25, 0.3) is 11.8 Å². The normalized spacial score (nSPS) is 17.2. The van der Waals surface area contributed by atoms with Crippen LogP contribution in [-0.2, 0) is 14.6 Å². The summed E-state index contributed by atoms with van der Waals surface area (Å²) in [7, 11) is -3.31. The summed E-state index contributed by atoms with van der Waals surface area (Å²) >= 11 is 0. The van der Waals surface area contributed by atoms with E-state index in [-0.39, 0.29) is 11.7 Å². The first-order valence-electron chi connectivity index (χ1n) is 10.4. The van der Waals surface area contributed by atoms with Gasteiger partial charge in [0.25, 0.3) is 5.91 Å². The quantitative estimate of drug-likeness (QED) is 0.551. The summed E-state index contributed by atoms with van der Waals surface area (Å²) in [6.45, 7) is 5.83. The van der Waals surface area contributed by atoms with Gasteiger partial charge < -0.3 is 4.90 Å². The monoisotopic (exact) mass is 447 g/mol. The van der Waals surface area contributed by atoms with Crippen LogP contribution in [0.5, 0.6) is 0 Å². The van der Waals surface area contributed by atoms with Crippen molar-refractivity contribution in [2.24, 2.45) is 0 Å². The lowest BCUT2D eigenvalue weighted by Crippen LogP contribution is -2.40. The summed E-state index contributed by atoms with van der Waals surface area (Å²) in [6, 6.07) is 16.7. The molecule has 0 spiro atoms. The Kier molecular flexibility index (Phi) is 5.84. The molecule has 0 fully saturated rings. The van der Waals surface area contributed by atoms with E-state index in [0.29, 0.717) is 5.69 Å². The van der Waals surface area contributed by atoms with Gasteiger partial charge >= 0.3 is 0 Å². The van der Waals surface area contributed by atoms with Crippen LogP contribution in [0.15, 0.2) is 72.2 Å². The highest BCUT2D eigenvalue weighted by Crippen LogP contribution is 2.25. The minimum Gasteiger partial charge on any atom is -0.301 e. The summed E-state index contributed by atoms with van der Waals surface area (Å²) in [5.74, 6) is -0.406. The smallest absolute Gasteiger partial charge is 0.251 e. The van der Waals surface area contributed by atoms with E-state index in [9.17, 15) is 13.2 Å². The van der Waals surface area contributed by atoms with Crippen LogP contribution in [0.3, 0.4) is 0 Å². The Balaban J connectivity index is 1.66. The van der Waals surface area contributed by atoms with Crippen molar-refractivity contribution in [3.05, 3.63) is 94.7 Å². The minimum atomic E-state index is -3.31. The van der Waals surface area contributed by atoms with E-state index in [1.807, 2.05) is 80.1 Å². The van der Waals surface area contributed by atoms with E-state index in [1.165, 1.54) is 16.4 Å². The zero-order chi connectivity index (χ0) is 22.9. The van der Waals surface area contributed by atoms with Crippen molar-refractivity contribution in [3.8, 4) is 5.69 Å². The predicted molar refractivity (Wildman–Crippen MR) is 127 cm³/mol. The molecule has 3 aromatic rings. The van der Waals surface area contributed by atoms with Gasteiger partial charge in [0.2, 0.25) is 0 Å². The first-order valence-corrected chi connectivity index (χ1v) is 12.1. The van der Waals surface area contributed by atoms with Gasteiger partial charge in [0.1, 0.15) is 0 Å². The number of hydrogen-bond acceptors (Lipinski definition) is 4. The molecule has 164 valence electrons. The number of hydrogen-bond donors (Lipinski definition) is 0. The van der Waals surface area contributed by atoms with Crippen LogP contribution in [0.1, 0.15) is 22.5 Å². The fraction of sp³-hybridized carbons (Fsp3) is 0.200. The average Bonchev–Trinajstić information content (AvgIpc) is 3.26. The van der Waals surface area contributed by atoms with Crippen molar-refractivity contribution in [2.75, 3.05) is 10.7 Å². The van der Waals surface area contributed by atoms with E-state index in [4.69, 9.17) is 0 Å². The average molecular weight is 448 g/mol. The highest BCUT2D eigenvalue weighted by molar-refractivity contribution is 7.94. The molecule has 7 heteroatoms. The predicted octanol–water partition coefficient (Wildman–Crippen LogP) is 4.15. The maximum atomic E-state index is 13.3. The van der Waals surface area contributed by atoms with Crippen molar-refractivity contribution in [3.63, 3.8) is 0 Å². The minimum absolute atomic E-state index is 0.121. The Labute approximate surface area is 188 Å². The number of nitrogens with zero attached hydrogens (tertiary/aromatic N) is 3. The number of para-hydroxylation sites is 1. The van der Waals surface area contributed by atoms with Gasteiger partial charge in [-0.25, -0.2) is 13.1 Å². The van der Waals surface area contributed by atoms with Gasteiger partial charge in [-0.15, -0.1) is 0 Å². The third-order valence-electron chi connectivity index (χ3n) is 5.53.